The van der Waals surface area contributed by atoms with Crippen LogP contribution in [-0.2, 0) is 9.53 Å². The molecule has 0 spiro atoms. The molecule has 0 aliphatic carbocycles. The van der Waals surface area contributed by atoms with E-state index in [9.17, 15) is 9.59 Å². The lowest BCUT2D eigenvalue weighted by Gasteiger charge is -2.21. The van der Waals surface area contributed by atoms with E-state index in [2.05, 4.69) is 0 Å². The fraction of sp³-hybridized carbons (Fsp3) is 0.467. The van der Waals surface area contributed by atoms with Crippen LogP contribution in [-0.4, -0.2) is 36.5 Å². The molecule has 2 N–H and O–H groups in total. The number of esters is 1. The normalized spacial score (nSPS) is 10.2. The first kappa shape index (κ1) is 16.0. The Balaban J connectivity index is 2.87. The third kappa shape index (κ3) is 4.26. The number of nitrogens with zero attached hydrogens (tertiary/aromatic N) is 1. The molecule has 5 nitrogen and oxygen atoms in total. The molecule has 0 bridgehead atoms. The van der Waals surface area contributed by atoms with E-state index in [1.54, 1.807) is 25.1 Å². The van der Waals surface area contributed by atoms with E-state index in [1.807, 2.05) is 13.8 Å². The summed E-state index contributed by atoms with van der Waals surface area (Å²) in [5, 5.41) is 0. The topological polar surface area (TPSA) is 72.6 Å². The van der Waals surface area contributed by atoms with Gasteiger partial charge in [-0.1, -0.05) is 6.92 Å². The molecule has 110 valence electrons. The number of anilines is 1. The standard InChI is InChI=1S/C15H22N2O3/c1-4-8-17(10-14(18)20-5-2)15(19)12-6-7-13(16)11(3)9-12/h6-7,9H,4-5,8,10,16H2,1-3H3. The molecule has 1 rings (SSSR count). The van der Waals surface area contributed by atoms with Crippen LogP contribution in [0.4, 0.5) is 5.69 Å². The summed E-state index contributed by atoms with van der Waals surface area (Å²) in [7, 11) is 0. The van der Waals surface area contributed by atoms with Gasteiger partial charge in [0.25, 0.3) is 5.91 Å². The van der Waals surface area contributed by atoms with Gasteiger partial charge in [0.05, 0.1) is 6.61 Å². The van der Waals surface area contributed by atoms with Gasteiger partial charge in [0.2, 0.25) is 0 Å². The summed E-state index contributed by atoms with van der Waals surface area (Å²) in [6.07, 6.45) is 0.777. The monoisotopic (exact) mass is 278 g/mol. The van der Waals surface area contributed by atoms with Gasteiger partial charge in [0.1, 0.15) is 6.54 Å². The van der Waals surface area contributed by atoms with Crippen LogP contribution in [0.1, 0.15) is 36.2 Å². The summed E-state index contributed by atoms with van der Waals surface area (Å²) in [6.45, 7) is 6.35. The van der Waals surface area contributed by atoms with Crippen LogP contribution in [0, 0.1) is 6.92 Å². The Morgan fingerprint density at radius 2 is 2.00 bits per heavy atom. The summed E-state index contributed by atoms with van der Waals surface area (Å²) in [4.78, 5) is 25.5. The van der Waals surface area contributed by atoms with Gasteiger partial charge in [-0.3, -0.25) is 9.59 Å². The molecule has 0 aliphatic rings. The minimum absolute atomic E-state index is 0.0239. The Hall–Kier alpha value is -2.04. The van der Waals surface area contributed by atoms with E-state index >= 15 is 0 Å². The number of nitrogens with two attached hydrogens (primary N) is 1. The first-order chi connectivity index (χ1) is 9.49. The Bertz CT molecular complexity index is 486. The lowest BCUT2D eigenvalue weighted by Crippen LogP contribution is -2.37. The van der Waals surface area contributed by atoms with Crippen LogP contribution < -0.4 is 5.73 Å². The van der Waals surface area contributed by atoms with Crippen molar-refractivity contribution in [3.8, 4) is 0 Å². The molecule has 0 fully saturated rings. The molecular formula is C15H22N2O3. The molecule has 0 saturated carbocycles. The van der Waals surface area contributed by atoms with Crippen molar-refractivity contribution in [2.45, 2.75) is 27.2 Å². The third-order valence-electron chi connectivity index (χ3n) is 2.92. The van der Waals surface area contributed by atoms with Crippen molar-refractivity contribution in [2.75, 3.05) is 25.4 Å². The van der Waals surface area contributed by atoms with Crippen LogP contribution in [0.25, 0.3) is 0 Å². The molecule has 0 atom stereocenters. The van der Waals surface area contributed by atoms with Crippen LogP contribution in [0.3, 0.4) is 0 Å². The molecule has 0 aromatic heterocycles. The molecule has 0 aliphatic heterocycles. The van der Waals surface area contributed by atoms with Crippen molar-refractivity contribution >= 4 is 17.6 Å². The number of nitrogen functional groups attached to an aromatic ring is 1. The first-order valence-corrected chi connectivity index (χ1v) is 6.80. The van der Waals surface area contributed by atoms with Crippen LogP contribution in [0.2, 0.25) is 0 Å². The number of amides is 1. The van der Waals surface area contributed by atoms with Gasteiger partial charge in [-0.05, 0) is 44.0 Å². The quantitative estimate of drug-likeness (QED) is 0.638. The van der Waals surface area contributed by atoms with Crippen molar-refractivity contribution in [2.24, 2.45) is 0 Å². The molecule has 0 unspecified atom stereocenters. The van der Waals surface area contributed by atoms with Crippen molar-refractivity contribution in [1.29, 1.82) is 0 Å². The summed E-state index contributed by atoms with van der Waals surface area (Å²) in [6, 6.07) is 5.13. The number of aryl methyl sites for hydroxylation is 1. The average molecular weight is 278 g/mol. The van der Waals surface area contributed by atoms with E-state index < -0.39 is 0 Å². The second-order valence-corrected chi connectivity index (χ2v) is 4.60. The number of ether oxygens (including phenoxy) is 1. The Kier molecular flexibility index (Phi) is 6.03. The number of carbonyl (C=O) groups is 2. The minimum atomic E-state index is -0.388. The van der Waals surface area contributed by atoms with E-state index in [0.29, 0.717) is 24.4 Å². The van der Waals surface area contributed by atoms with Gasteiger partial charge in [-0.25, -0.2) is 0 Å². The van der Waals surface area contributed by atoms with E-state index in [-0.39, 0.29) is 18.4 Å². The fourth-order valence-corrected chi connectivity index (χ4v) is 1.88. The smallest absolute Gasteiger partial charge is 0.325 e. The summed E-state index contributed by atoms with van der Waals surface area (Å²) >= 11 is 0. The maximum absolute atomic E-state index is 12.4. The predicted octanol–water partition coefficient (Wildman–Crippen LogP) is 1.99. The number of carbonyl (C=O) groups excluding carboxylic acids is 2. The zero-order valence-electron chi connectivity index (χ0n) is 12.3. The maximum atomic E-state index is 12.4. The maximum Gasteiger partial charge on any atom is 0.325 e. The van der Waals surface area contributed by atoms with Crippen LogP contribution in [0.15, 0.2) is 18.2 Å². The third-order valence-corrected chi connectivity index (χ3v) is 2.92. The Morgan fingerprint density at radius 3 is 2.55 bits per heavy atom. The fourth-order valence-electron chi connectivity index (χ4n) is 1.88. The van der Waals surface area contributed by atoms with Gasteiger partial charge >= 0.3 is 5.97 Å². The van der Waals surface area contributed by atoms with Crippen molar-refractivity contribution in [1.82, 2.24) is 4.90 Å². The average Bonchev–Trinajstić information content (AvgIpc) is 2.41. The number of hydrogen-bond acceptors (Lipinski definition) is 4. The number of rotatable bonds is 6. The Labute approximate surface area is 119 Å². The highest BCUT2D eigenvalue weighted by Gasteiger charge is 2.19. The second kappa shape index (κ2) is 7.53. The molecule has 20 heavy (non-hydrogen) atoms. The lowest BCUT2D eigenvalue weighted by molar-refractivity contribution is -0.143. The molecule has 0 heterocycles. The molecular weight excluding hydrogens is 256 g/mol. The van der Waals surface area contributed by atoms with E-state index in [1.165, 1.54) is 4.90 Å². The minimum Gasteiger partial charge on any atom is -0.465 e. The highest BCUT2D eigenvalue weighted by Crippen LogP contribution is 2.14. The van der Waals surface area contributed by atoms with Crippen molar-refractivity contribution < 1.29 is 14.3 Å². The highest BCUT2D eigenvalue weighted by atomic mass is 16.5. The summed E-state index contributed by atoms with van der Waals surface area (Å²) in [5.41, 5.74) is 7.78. The molecule has 1 aromatic rings. The predicted molar refractivity (Wildman–Crippen MR) is 78.4 cm³/mol. The van der Waals surface area contributed by atoms with Crippen LogP contribution in [0.5, 0.6) is 0 Å². The van der Waals surface area contributed by atoms with Gasteiger partial charge in [0, 0.05) is 17.8 Å². The summed E-state index contributed by atoms with van der Waals surface area (Å²) in [5.74, 6) is -0.565. The van der Waals surface area contributed by atoms with Crippen LogP contribution >= 0.6 is 0 Å². The Morgan fingerprint density at radius 1 is 1.30 bits per heavy atom. The largest absolute Gasteiger partial charge is 0.465 e. The zero-order valence-corrected chi connectivity index (χ0v) is 12.3. The van der Waals surface area contributed by atoms with Gasteiger partial charge < -0.3 is 15.4 Å². The molecule has 1 aromatic carbocycles. The molecule has 1 amide bonds. The molecule has 0 saturated heterocycles. The first-order valence-electron chi connectivity index (χ1n) is 6.80. The molecule has 0 radical (unpaired) electrons. The molecule has 5 heteroatoms. The lowest BCUT2D eigenvalue weighted by atomic mass is 10.1. The van der Waals surface area contributed by atoms with E-state index in [4.69, 9.17) is 10.5 Å². The van der Waals surface area contributed by atoms with Crippen molar-refractivity contribution in [3.63, 3.8) is 0 Å². The van der Waals surface area contributed by atoms with Gasteiger partial charge in [-0.2, -0.15) is 0 Å². The second-order valence-electron chi connectivity index (χ2n) is 4.60. The summed E-state index contributed by atoms with van der Waals surface area (Å²) < 4.78 is 4.89. The highest BCUT2D eigenvalue weighted by molar-refractivity contribution is 5.96. The van der Waals surface area contributed by atoms with Gasteiger partial charge in [-0.15, -0.1) is 0 Å². The SMILES string of the molecule is CCCN(CC(=O)OCC)C(=O)c1ccc(N)c(C)c1. The zero-order chi connectivity index (χ0) is 15.1. The van der Waals surface area contributed by atoms with Crippen molar-refractivity contribution in [3.05, 3.63) is 29.3 Å². The number of hydrogen-bond donors (Lipinski definition) is 1. The van der Waals surface area contributed by atoms with E-state index in [0.717, 1.165) is 12.0 Å². The van der Waals surface area contributed by atoms with Gasteiger partial charge in [0.15, 0.2) is 0 Å². The number of benzene rings is 1.